The summed E-state index contributed by atoms with van der Waals surface area (Å²) in [6, 6.07) is 6.02. The Balaban J connectivity index is 2.20. The van der Waals surface area contributed by atoms with Crippen LogP contribution in [-0.2, 0) is 6.42 Å². The first kappa shape index (κ1) is 17.8. The third-order valence-corrected chi connectivity index (χ3v) is 3.59. The molecule has 0 saturated heterocycles. The van der Waals surface area contributed by atoms with E-state index in [1.54, 1.807) is 14.2 Å². The van der Waals surface area contributed by atoms with E-state index in [9.17, 15) is 0 Å². The maximum atomic E-state index is 5.41. The van der Waals surface area contributed by atoms with Gasteiger partial charge in [0.25, 0.3) is 0 Å². The largest absolute Gasteiger partial charge is 0.497 e. The Hall–Kier alpha value is -1.22. The van der Waals surface area contributed by atoms with E-state index >= 15 is 0 Å². The van der Waals surface area contributed by atoms with Crippen LogP contribution in [0.25, 0.3) is 0 Å². The Morgan fingerprint density at radius 2 is 1.76 bits per heavy atom. The fourth-order valence-electron chi connectivity index (χ4n) is 2.39. The summed E-state index contributed by atoms with van der Waals surface area (Å²) in [4.78, 5) is 0. The molecule has 1 rings (SSSR count). The van der Waals surface area contributed by atoms with Crippen molar-refractivity contribution in [2.24, 2.45) is 5.92 Å². The second kappa shape index (κ2) is 10.5. The Morgan fingerprint density at radius 1 is 1.00 bits per heavy atom. The van der Waals surface area contributed by atoms with Gasteiger partial charge in [-0.25, -0.2) is 0 Å². The van der Waals surface area contributed by atoms with Crippen molar-refractivity contribution in [3.63, 3.8) is 0 Å². The molecule has 0 aromatic heterocycles. The van der Waals surface area contributed by atoms with Crippen LogP contribution in [0.3, 0.4) is 0 Å². The fourth-order valence-corrected chi connectivity index (χ4v) is 2.39. The lowest BCUT2D eigenvalue weighted by Gasteiger charge is -2.10. The summed E-state index contributed by atoms with van der Waals surface area (Å²) < 4.78 is 10.7. The van der Waals surface area contributed by atoms with Gasteiger partial charge in [0.1, 0.15) is 11.5 Å². The Kier molecular flexibility index (Phi) is 8.91. The third-order valence-electron chi connectivity index (χ3n) is 3.59. The smallest absolute Gasteiger partial charge is 0.122 e. The van der Waals surface area contributed by atoms with E-state index in [-0.39, 0.29) is 0 Å². The molecular formula is C18H31NO2. The molecule has 3 heteroatoms. The maximum Gasteiger partial charge on any atom is 0.122 e. The molecule has 0 spiro atoms. The number of hydrogen-bond donors (Lipinski definition) is 1. The zero-order chi connectivity index (χ0) is 15.5. The molecule has 3 nitrogen and oxygen atoms in total. The highest BCUT2D eigenvalue weighted by atomic mass is 16.5. The second-order valence-electron chi connectivity index (χ2n) is 5.94. The highest BCUT2D eigenvalue weighted by Crippen LogP contribution is 2.25. The average Bonchev–Trinajstić information content (AvgIpc) is 2.49. The van der Waals surface area contributed by atoms with E-state index < -0.39 is 0 Å². The van der Waals surface area contributed by atoms with Crippen LogP contribution < -0.4 is 14.8 Å². The molecule has 0 bridgehead atoms. The summed E-state index contributed by atoms with van der Waals surface area (Å²) >= 11 is 0. The van der Waals surface area contributed by atoms with E-state index in [1.807, 2.05) is 12.1 Å². The molecule has 0 saturated carbocycles. The van der Waals surface area contributed by atoms with Crippen molar-refractivity contribution in [2.45, 2.75) is 46.0 Å². The first-order valence-electron chi connectivity index (χ1n) is 8.09. The molecule has 0 fully saturated rings. The summed E-state index contributed by atoms with van der Waals surface area (Å²) in [6.07, 6.45) is 6.08. The van der Waals surface area contributed by atoms with Crippen LogP contribution in [0.4, 0.5) is 0 Å². The Morgan fingerprint density at radius 3 is 2.43 bits per heavy atom. The van der Waals surface area contributed by atoms with Crippen LogP contribution in [0, 0.1) is 5.92 Å². The summed E-state index contributed by atoms with van der Waals surface area (Å²) in [5.41, 5.74) is 1.25. The minimum Gasteiger partial charge on any atom is -0.497 e. The quantitative estimate of drug-likeness (QED) is 0.624. The zero-order valence-electron chi connectivity index (χ0n) is 14.1. The van der Waals surface area contributed by atoms with Crippen molar-refractivity contribution in [3.8, 4) is 11.5 Å². The number of nitrogens with one attached hydrogen (secondary N) is 1. The number of unbranched alkanes of at least 4 members (excludes halogenated alkanes) is 3. The molecule has 1 aromatic rings. The number of rotatable bonds is 11. The van der Waals surface area contributed by atoms with Gasteiger partial charge < -0.3 is 14.8 Å². The number of aryl methyl sites for hydroxylation is 1. The molecule has 0 atom stereocenters. The van der Waals surface area contributed by atoms with Crippen LogP contribution in [0.2, 0.25) is 0 Å². The van der Waals surface area contributed by atoms with Gasteiger partial charge in [-0.05, 0) is 62.0 Å². The van der Waals surface area contributed by atoms with Crippen LogP contribution in [0.5, 0.6) is 11.5 Å². The van der Waals surface area contributed by atoms with Crippen molar-refractivity contribution < 1.29 is 9.47 Å². The molecule has 1 aromatic carbocycles. The predicted octanol–water partition coefficient (Wildman–Crippen LogP) is 4.05. The van der Waals surface area contributed by atoms with Crippen molar-refractivity contribution in [3.05, 3.63) is 23.8 Å². The zero-order valence-corrected chi connectivity index (χ0v) is 14.1. The number of ether oxygens (including phenoxy) is 2. The molecule has 0 unspecified atom stereocenters. The van der Waals surface area contributed by atoms with Crippen molar-refractivity contribution in [1.82, 2.24) is 5.32 Å². The molecule has 0 amide bonds. The van der Waals surface area contributed by atoms with Gasteiger partial charge in [-0.3, -0.25) is 0 Å². The van der Waals surface area contributed by atoms with Gasteiger partial charge in [0.2, 0.25) is 0 Å². The topological polar surface area (TPSA) is 30.5 Å². The van der Waals surface area contributed by atoms with Crippen LogP contribution >= 0.6 is 0 Å². The maximum absolute atomic E-state index is 5.41. The molecule has 0 radical (unpaired) electrons. The normalized spacial score (nSPS) is 10.9. The third kappa shape index (κ3) is 7.37. The standard InChI is InChI=1S/C18H31NO2/c1-15(2)14-19-12-8-6-5-7-9-16-13-17(20-3)10-11-18(16)21-4/h10-11,13,15,19H,5-9,12,14H2,1-4H3. The number of benzene rings is 1. The van der Waals surface area contributed by atoms with Crippen molar-refractivity contribution >= 4 is 0 Å². The van der Waals surface area contributed by atoms with Crippen molar-refractivity contribution in [1.29, 1.82) is 0 Å². The first-order chi connectivity index (χ1) is 10.2. The lowest BCUT2D eigenvalue weighted by atomic mass is 10.0. The van der Waals surface area contributed by atoms with Gasteiger partial charge in [-0.15, -0.1) is 0 Å². The highest BCUT2D eigenvalue weighted by molar-refractivity contribution is 5.40. The Bertz CT molecular complexity index is 391. The molecule has 120 valence electrons. The van der Waals surface area contributed by atoms with Crippen LogP contribution in [0.15, 0.2) is 18.2 Å². The SMILES string of the molecule is COc1ccc(OC)c(CCCCCCNCC(C)C)c1. The number of hydrogen-bond acceptors (Lipinski definition) is 3. The molecule has 0 aliphatic rings. The lowest BCUT2D eigenvalue weighted by molar-refractivity contribution is 0.398. The van der Waals surface area contributed by atoms with Gasteiger partial charge in [0, 0.05) is 0 Å². The summed E-state index contributed by atoms with van der Waals surface area (Å²) in [5.74, 6) is 2.61. The van der Waals surface area contributed by atoms with Crippen LogP contribution in [0.1, 0.15) is 45.1 Å². The second-order valence-corrected chi connectivity index (χ2v) is 5.94. The van der Waals surface area contributed by atoms with Gasteiger partial charge in [-0.2, -0.15) is 0 Å². The molecule has 21 heavy (non-hydrogen) atoms. The van der Waals surface area contributed by atoms with Gasteiger partial charge in [0.15, 0.2) is 0 Å². The van der Waals surface area contributed by atoms with E-state index in [4.69, 9.17) is 9.47 Å². The molecule has 0 heterocycles. The first-order valence-corrected chi connectivity index (χ1v) is 8.09. The lowest BCUT2D eigenvalue weighted by Crippen LogP contribution is -2.20. The predicted molar refractivity (Wildman–Crippen MR) is 89.4 cm³/mol. The van der Waals surface area contributed by atoms with E-state index in [2.05, 4.69) is 25.2 Å². The van der Waals surface area contributed by atoms with Gasteiger partial charge in [0.05, 0.1) is 14.2 Å². The van der Waals surface area contributed by atoms with Crippen LogP contribution in [-0.4, -0.2) is 27.3 Å². The molecule has 0 aliphatic heterocycles. The summed E-state index contributed by atoms with van der Waals surface area (Å²) in [6.45, 7) is 6.75. The minimum absolute atomic E-state index is 0.741. The molecule has 0 aliphatic carbocycles. The number of methoxy groups -OCH3 is 2. The Labute approximate surface area is 130 Å². The summed E-state index contributed by atoms with van der Waals surface area (Å²) in [5, 5.41) is 3.49. The van der Waals surface area contributed by atoms with Gasteiger partial charge >= 0.3 is 0 Å². The fraction of sp³-hybridized carbons (Fsp3) is 0.667. The monoisotopic (exact) mass is 293 g/mol. The molecular weight excluding hydrogens is 262 g/mol. The van der Waals surface area contributed by atoms with Gasteiger partial charge in [-0.1, -0.05) is 26.7 Å². The van der Waals surface area contributed by atoms with Crippen molar-refractivity contribution in [2.75, 3.05) is 27.3 Å². The molecule has 1 N–H and O–H groups in total. The summed E-state index contributed by atoms with van der Waals surface area (Å²) in [7, 11) is 3.43. The highest BCUT2D eigenvalue weighted by Gasteiger charge is 2.04. The minimum atomic E-state index is 0.741. The van der Waals surface area contributed by atoms with E-state index in [0.717, 1.165) is 36.9 Å². The van der Waals surface area contributed by atoms with E-state index in [0.29, 0.717) is 0 Å². The van der Waals surface area contributed by atoms with E-state index in [1.165, 1.54) is 31.2 Å². The average molecular weight is 293 g/mol.